The van der Waals surface area contributed by atoms with Gasteiger partial charge < -0.3 is 0 Å². The molecule has 2 aromatic rings. The molecule has 0 spiro atoms. The van der Waals surface area contributed by atoms with Gasteiger partial charge in [0.1, 0.15) is 0 Å². The Hall–Kier alpha value is 0.240. The van der Waals surface area contributed by atoms with E-state index in [1.54, 1.807) is 0 Å². The number of thioether (sulfide) groups is 10. The highest BCUT2D eigenvalue weighted by Gasteiger charge is 2.16. The van der Waals surface area contributed by atoms with Crippen LogP contribution in [0.1, 0.15) is 19.3 Å². The first-order valence-electron chi connectivity index (χ1n) is 22.0. The molecule has 0 radical (unpaired) electrons. The summed E-state index contributed by atoms with van der Waals surface area (Å²) in [5.74, 6) is 20.8. The summed E-state index contributed by atoms with van der Waals surface area (Å²) in [7, 11) is 0. The molecule has 0 fully saturated rings. The summed E-state index contributed by atoms with van der Waals surface area (Å²) in [6.07, 6.45) is 12.9. The van der Waals surface area contributed by atoms with Crippen molar-refractivity contribution in [3.8, 4) is 0 Å². The monoisotopic (exact) mass is 1160 g/mol. The molecular weight excluding hydrogens is 1080 g/mol. The Labute approximate surface area is 453 Å². The first kappa shape index (κ1) is 67.2. The highest BCUT2D eigenvalue weighted by atomic mass is 32.2. The number of thiol groups is 2. The van der Waals surface area contributed by atoms with Crippen LogP contribution in [-0.2, 0) is 39.3 Å². The van der Waals surface area contributed by atoms with E-state index in [9.17, 15) is 28.8 Å². The molecule has 0 aliphatic rings. The molecule has 0 bridgehead atoms. The predicted octanol–water partition coefficient (Wildman–Crippen LogP) is 7.14. The molecule has 0 atom stereocenters. The minimum Gasteiger partial charge on any atom is -0.247 e. The second-order valence-corrected chi connectivity index (χ2v) is 26.0. The van der Waals surface area contributed by atoms with Gasteiger partial charge in [0.05, 0.1) is 19.6 Å². The average Bonchev–Trinajstić information content (AvgIpc) is 3.32. The van der Waals surface area contributed by atoms with Gasteiger partial charge in [-0.2, -0.15) is 143 Å². The lowest BCUT2D eigenvalue weighted by atomic mass is 10.4. The summed E-state index contributed by atoms with van der Waals surface area (Å²) in [6, 6.07) is 0. The van der Waals surface area contributed by atoms with Gasteiger partial charge in [0.2, 0.25) is 0 Å². The van der Waals surface area contributed by atoms with Crippen LogP contribution in [0.25, 0.3) is 0 Å². The fourth-order valence-electron chi connectivity index (χ4n) is 5.39. The lowest BCUT2D eigenvalue weighted by Gasteiger charge is -2.14. The van der Waals surface area contributed by atoms with Crippen LogP contribution in [0.2, 0.25) is 0 Å². The van der Waals surface area contributed by atoms with Gasteiger partial charge in [0.25, 0.3) is 0 Å². The molecule has 0 unspecified atom stereocenters. The third-order valence-electron chi connectivity index (χ3n) is 8.60. The summed E-state index contributed by atoms with van der Waals surface area (Å²) in [5.41, 5.74) is -3.30. The van der Waals surface area contributed by atoms with Gasteiger partial charge in [-0.15, -0.1) is 19.7 Å². The van der Waals surface area contributed by atoms with Gasteiger partial charge in [-0.05, 0) is 66.8 Å². The van der Waals surface area contributed by atoms with Crippen LogP contribution < -0.4 is 34.1 Å². The maximum Gasteiger partial charge on any atom is 0.336 e. The van der Waals surface area contributed by atoms with Crippen molar-refractivity contribution in [1.82, 2.24) is 27.4 Å². The van der Waals surface area contributed by atoms with Crippen LogP contribution >= 0.6 is 143 Å². The van der Waals surface area contributed by atoms with Crippen LogP contribution in [0.3, 0.4) is 0 Å². The quantitative estimate of drug-likeness (QED) is 0.0398. The first-order chi connectivity index (χ1) is 32.6. The summed E-state index contributed by atoms with van der Waals surface area (Å²) in [4.78, 5) is 75.7. The van der Waals surface area contributed by atoms with Crippen LogP contribution in [0, 0.1) is 0 Å². The number of allylic oxidation sites excluding steroid dienone is 3. The molecule has 2 aromatic heterocycles. The molecule has 2 rings (SSSR count). The molecule has 24 heteroatoms. The Balaban J connectivity index is 0.00000142. The smallest absolute Gasteiger partial charge is 0.247 e. The predicted molar refractivity (Wildman–Crippen MR) is 327 cm³/mol. The fraction of sp³-hybridized carbons (Fsp3) is 0.721. The van der Waals surface area contributed by atoms with E-state index in [4.69, 9.17) is 0 Å². The van der Waals surface area contributed by atoms with Crippen molar-refractivity contribution in [2.24, 2.45) is 0 Å². The summed E-state index contributed by atoms with van der Waals surface area (Å²) >= 11 is 27.2. The van der Waals surface area contributed by atoms with E-state index in [-0.39, 0.29) is 19.6 Å². The second-order valence-electron chi connectivity index (χ2n) is 13.6. The number of aromatic nitrogens is 6. The van der Waals surface area contributed by atoms with Crippen molar-refractivity contribution in [3.05, 3.63) is 101 Å². The number of rotatable bonds is 40. The molecule has 12 nitrogen and oxygen atoms in total. The molecule has 67 heavy (non-hydrogen) atoms. The summed E-state index contributed by atoms with van der Waals surface area (Å²) < 4.78 is 6.80. The van der Waals surface area contributed by atoms with E-state index in [2.05, 4.69) is 63.8 Å². The molecule has 386 valence electrons. The zero-order valence-corrected chi connectivity index (χ0v) is 49.7. The first-order valence-corrected chi connectivity index (χ1v) is 35.5. The van der Waals surface area contributed by atoms with E-state index >= 15 is 0 Å². The van der Waals surface area contributed by atoms with Crippen LogP contribution in [-0.4, -0.2) is 155 Å². The van der Waals surface area contributed by atoms with E-state index in [0.717, 1.165) is 108 Å². The standard InChI is InChI=1S/C27H51N3O3S9.C12H15N3O3.C4H10S3/c1-34-13-16-40-22-19-37-10-4-7-28-25(31)29(8-5-11-38-20-23-41-17-14-35-2)27(33)30(26(28)32)9-6-12-39-21-24-42-18-15-36-3;1-4-7-13-10(16)14(8-5-2)12(18)15(9-6-3)11(13)17;5-1-3-7-4-2-6/h4-24H2,1-3H3;4-6H,1-3,7-9H2;5-6H,1-4H2. The highest BCUT2D eigenvalue weighted by Crippen LogP contribution is 2.12. The molecule has 0 aromatic carbocycles. The summed E-state index contributed by atoms with van der Waals surface area (Å²) in [5, 5.41) is 0. The highest BCUT2D eigenvalue weighted by molar-refractivity contribution is 8.05. The molecule has 0 N–H and O–H groups in total. The van der Waals surface area contributed by atoms with Gasteiger partial charge >= 0.3 is 34.1 Å². The van der Waals surface area contributed by atoms with E-state index in [0.29, 0.717) is 19.6 Å². The molecule has 0 amide bonds. The van der Waals surface area contributed by atoms with Gasteiger partial charge in [-0.3, -0.25) is 0 Å². The SMILES string of the molecule is C=CCn1c(=O)n(CC=C)c(=O)n(CC=C)c1=O.CSCCSCCSCCCn1c(=O)n(CCCSCCSCCSC)c(=O)n(CCCSCCSCCSC)c1=O.SCCSCCS. The van der Waals surface area contributed by atoms with Crippen molar-refractivity contribution < 1.29 is 0 Å². The fourth-order valence-corrected chi connectivity index (χ4v) is 15.1. The Morgan fingerprint density at radius 3 is 0.776 bits per heavy atom. The van der Waals surface area contributed by atoms with E-state index < -0.39 is 34.1 Å². The molecule has 2 heterocycles. The largest absolute Gasteiger partial charge is 0.336 e. The van der Waals surface area contributed by atoms with Gasteiger partial charge in [-0.1, -0.05) is 18.2 Å². The zero-order chi connectivity index (χ0) is 49.9. The summed E-state index contributed by atoms with van der Waals surface area (Å²) in [6.45, 7) is 11.7. The van der Waals surface area contributed by atoms with Gasteiger partial charge in [0, 0.05) is 100 Å². The lowest BCUT2D eigenvalue weighted by Crippen LogP contribution is -2.54. The average molecular weight is 1160 g/mol. The molecule has 0 aliphatic heterocycles. The second kappa shape index (κ2) is 47.3. The van der Waals surface area contributed by atoms with Crippen molar-refractivity contribution in [2.45, 2.75) is 58.5 Å². The minimum absolute atomic E-state index is 0.0478. The molecule has 0 aliphatic carbocycles. The number of nitrogens with zero attached hydrogens (tertiary/aromatic N) is 6. The zero-order valence-electron chi connectivity index (χ0n) is 39.8. The van der Waals surface area contributed by atoms with Gasteiger partial charge in [0.15, 0.2) is 0 Å². The Bertz CT molecular complexity index is 1700. The Morgan fingerprint density at radius 1 is 0.343 bits per heavy atom. The normalized spacial score (nSPS) is 10.9. The Kier molecular flexibility index (Phi) is 47.4. The number of hydrogen-bond acceptors (Lipinski definition) is 18. The van der Waals surface area contributed by atoms with Gasteiger partial charge in [-0.25, -0.2) is 56.2 Å². The van der Waals surface area contributed by atoms with Crippen LogP contribution in [0.5, 0.6) is 0 Å². The lowest BCUT2D eigenvalue weighted by molar-refractivity contribution is 0.440. The maximum atomic E-state index is 13.3. The molecule has 0 saturated heterocycles. The van der Waals surface area contributed by atoms with Crippen LogP contribution in [0.4, 0.5) is 0 Å². The molecular formula is C43H76N6O6S12. The topological polar surface area (TPSA) is 132 Å². The third-order valence-corrected chi connectivity index (χ3v) is 20.2. The minimum atomic E-state index is -0.662. The van der Waals surface area contributed by atoms with E-state index in [1.807, 2.05) is 118 Å². The van der Waals surface area contributed by atoms with Crippen molar-refractivity contribution in [3.63, 3.8) is 0 Å². The Morgan fingerprint density at radius 2 is 0.552 bits per heavy atom. The van der Waals surface area contributed by atoms with Crippen molar-refractivity contribution in [2.75, 3.05) is 128 Å². The number of hydrogen-bond donors (Lipinski definition) is 2. The van der Waals surface area contributed by atoms with E-state index in [1.165, 1.54) is 66.4 Å². The third kappa shape index (κ3) is 30.8. The van der Waals surface area contributed by atoms with Crippen LogP contribution in [0.15, 0.2) is 66.7 Å². The molecule has 0 saturated carbocycles. The van der Waals surface area contributed by atoms with Crippen molar-refractivity contribution in [1.29, 1.82) is 0 Å². The maximum absolute atomic E-state index is 13.3. The van der Waals surface area contributed by atoms with Crippen molar-refractivity contribution >= 4 is 143 Å².